The van der Waals surface area contributed by atoms with Crippen molar-refractivity contribution in [2.24, 2.45) is 5.92 Å². The average molecular weight is 253 g/mol. The zero-order chi connectivity index (χ0) is 12.3. The highest BCUT2D eigenvalue weighted by Gasteiger charge is 2.19. The van der Waals surface area contributed by atoms with Gasteiger partial charge in [-0.25, -0.2) is 4.98 Å². The van der Waals surface area contributed by atoms with Crippen LogP contribution in [0.3, 0.4) is 0 Å². The molecule has 0 aliphatic heterocycles. The van der Waals surface area contributed by atoms with Gasteiger partial charge in [0.2, 0.25) is 5.91 Å². The van der Waals surface area contributed by atoms with Crippen molar-refractivity contribution >= 4 is 22.4 Å². The number of hydrogen-bond donors (Lipinski definition) is 2. The predicted octanol–water partition coefficient (Wildman–Crippen LogP) is 1.82. The van der Waals surface area contributed by atoms with E-state index >= 15 is 0 Å². The fourth-order valence-electron chi connectivity index (χ4n) is 1.93. The summed E-state index contributed by atoms with van der Waals surface area (Å²) in [6.07, 6.45) is 3.39. The molecule has 2 rings (SSSR count). The number of aryl methyl sites for hydroxylation is 2. The Morgan fingerprint density at radius 2 is 2.35 bits per heavy atom. The van der Waals surface area contributed by atoms with Gasteiger partial charge >= 0.3 is 0 Å². The van der Waals surface area contributed by atoms with Gasteiger partial charge in [-0.3, -0.25) is 4.79 Å². The third kappa shape index (κ3) is 3.04. The minimum atomic E-state index is -0.0197. The number of fused-ring (bicyclic) bond motifs is 1. The van der Waals surface area contributed by atoms with Crippen LogP contribution < -0.4 is 10.6 Å². The molecule has 2 N–H and O–H groups in total. The molecule has 1 unspecified atom stereocenters. The number of carbonyl (C=O) groups excluding carboxylic acids is 1. The van der Waals surface area contributed by atoms with E-state index in [-0.39, 0.29) is 11.8 Å². The first-order valence-corrected chi connectivity index (χ1v) is 7.02. The third-order valence-corrected chi connectivity index (χ3v) is 4.05. The number of hydrogen-bond acceptors (Lipinski definition) is 4. The maximum Gasteiger partial charge on any atom is 0.230 e. The van der Waals surface area contributed by atoms with E-state index in [1.807, 2.05) is 13.8 Å². The van der Waals surface area contributed by atoms with Gasteiger partial charge in [-0.2, -0.15) is 0 Å². The van der Waals surface area contributed by atoms with Crippen LogP contribution in [0.25, 0.3) is 0 Å². The van der Waals surface area contributed by atoms with Crippen molar-refractivity contribution in [2.45, 2.75) is 33.1 Å². The highest BCUT2D eigenvalue weighted by molar-refractivity contribution is 7.15. The molecule has 1 amide bonds. The summed E-state index contributed by atoms with van der Waals surface area (Å²) in [5.41, 5.74) is 1.18. The molecule has 0 aromatic carbocycles. The molecule has 1 atom stereocenters. The second-order valence-corrected chi connectivity index (χ2v) is 5.52. The van der Waals surface area contributed by atoms with Crippen LogP contribution in [0.4, 0.5) is 5.13 Å². The number of aromatic nitrogens is 1. The smallest absolute Gasteiger partial charge is 0.230 e. The lowest BCUT2D eigenvalue weighted by Gasteiger charge is -2.10. The molecular formula is C12H19N3OS. The fraction of sp³-hybridized carbons (Fsp3) is 0.667. The van der Waals surface area contributed by atoms with Gasteiger partial charge in [0.1, 0.15) is 0 Å². The van der Waals surface area contributed by atoms with Crippen molar-refractivity contribution in [1.82, 2.24) is 10.3 Å². The number of carbonyl (C=O) groups is 1. The minimum Gasteiger partial charge on any atom is -0.316 e. The molecule has 0 saturated carbocycles. The van der Waals surface area contributed by atoms with E-state index in [0.717, 1.165) is 24.5 Å². The summed E-state index contributed by atoms with van der Waals surface area (Å²) < 4.78 is 0. The summed E-state index contributed by atoms with van der Waals surface area (Å²) in [6.45, 7) is 5.58. The summed E-state index contributed by atoms with van der Waals surface area (Å²) in [5.74, 6) is 0.0343. The topological polar surface area (TPSA) is 54.0 Å². The highest BCUT2D eigenvalue weighted by atomic mass is 32.1. The number of anilines is 1. The van der Waals surface area contributed by atoms with E-state index in [4.69, 9.17) is 0 Å². The van der Waals surface area contributed by atoms with E-state index in [9.17, 15) is 4.79 Å². The Morgan fingerprint density at radius 3 is 3.06 bits per heavy atom. The van der Waals surface area contributed by atoms with Crippen LogP contribution in [0.2, 0.25) is 0 Å². The predicted molar refractivity (Wildman–Crippen MR) is 70.5 cm³/mol. The molecule has 1 heterocycles. The summed E-state index contributed by atoms with van der Waals surface area (Å²) in [7, 11) is 0. The molecule has 17 heavy (non-hydrogen) atoms. The van der Waals surface area contributed by atoms with Crippen LogP contribution in [0, 0.1) is 5.92 Å². The van der Waals surface area contributed by atoms with Gasteiger partial charge in [0, 0.05) is 17.3 Å². The van der Waals surface area contributed by atoms with Gasteiger partial charge in [0.25, 0.3) is 0 Å². The fourth-order valence-corrected chi connectivity index (χ4v) is 2.98. The van der Waals surface area contributed by atoms with E-state index in [0.29, 0.717) is 6.54 Å². The van der Waals surface area contributed by atoms with E-state index in [1.165, 1.54) is 17.0 Å². The first-order chi connectivity index (χ1) is 8.20. The van der Waals surface area contributed by atoms with Gasteiger partial charge in [-0.05, 0) is 25.8 Å². The number of thiazole rings is 1. The molecule has 0 spiro atoms. The van der Waals surface area contributed by atoms with Gasteiger partial charge < -0.3 is 10.6 Å². The Balaban J connectivity index is 1.89. The number of rotatable bonds is 5. The van der Waals surface area contributed by atoms with Crippen LogP contribution >= 0.6 is 11.3 Å². The van der Waals surface area contributed by atoms with Crippen LogP contribution in [-0.4, -0.2) is 24.0 Å². The first-order valence-electron chi connectivity index (χ1n) is 6.21. The van der Waals surface area contributed by atoms with Gasteiger partial charge in [-0.1, -0.05) is 13.8 Å². The summed E-state index contributed by atoms with van der Waals surface area (Å²) in [5, 5.41) is 6.85. The molecule has 5 heteroatoms. The number of amides is 1. The van der Waals surface area contributed by atoms with Gasteiger partial charge in [0.05, 0.1) is 5.69 Å². The molecule has 1 aromatic heterocycles. The maximum absolute atomic E-state index is 11.9. The van der Waals surface area contributed by atoms with Crippen LogP contribution in [0.1, 0.15) is 30.8 Å². The zero-order valence-electron chi connectivity index (χ0n) is 10.4. The molecule has 1 aliphatic carbocycles. The number of nitrogens with one attached hydrogen (secondary N) is 2. The van der Waals surface area contributed by atoms with Gasteiger partial charge in [-0.15, -0.1) is 11.3 Å². The van der Waals surface area contributed by atoms with Crippen molar-refractivity contribution < 1.29 is 4.79 Å². The third-order valence-electron chi connectivity index (χ3n) is 2.97. The van der Waals surface area contributed by atoms with E-state index in [1.54, 1.807) is 11.3 Å². The largest absolute Gasteiger partial charge is 0.316 e. The standard InChI is InChI=1S/C12H19N3OS/c1-3-13-7-8(2)11(16)15-12-14-9-5-4-6-10(9)17-12/h8,13H,3-7H2,1-2H3,(H,14,15,16). The molecule has 1 aliphatic rings. The monoisotopic (exact) mass is 253 g/mol. The highest BCUT2D eigenvalue weighted by Crippen LogP contribution is 2.30. The van der Waals surface area contributed by atoms with Crippen LogP contribution in [0.15, 0.2) is 0 Å². The second kappa shape index (κ2) is 5.60. The average Bonchev–Trinajstić information content (AvgIpc) is 2.86. The summed E-state index contributed by atoms with van der Waals surface area (Å²) >= 11 is 1.63. The van der Waals surface area contributed by atoms with Crippen molar-refractivity contribution in [3.05, 3.63) is 10.6 Å². The molecule has 0 fully saturated rings. The van der Waals surface area contributed by atoms with Gasteiger partial charge in [0.15, 0.2) is 5.13 Å². The maximum atomic E-state index is 11.9. The molecular weight excluding hydrogens is 234 g/mol. The molecule has 0 saturated heterocycles. The Bertz CT molecular complexity index is 381. The minimum absolute atomic E-state index is 0.0197. The zero-order valence-corrected chi connectivity index (χ0v) is 11.2. The van der Waals surface area contributed by atoms with Crippen LogP contribution in [-0.2, 0) is 17.6 Å². The van der Waals surface area contributed by atoms with E-state index < -0.39 is 0 Å². The Morgan fingerprint density at radius 1 is 1.53 bits per heavy atom. The first kappa shape index (κ1) is 12.5. The second-order valence-electron chi connectivity index (χ2n) is 4.44. The quantitative estimate of drug-likeness (QED) is 0.841. The lowest BCUT2D eigenvalue weighted by atomic mass is 10.1. The van der Waals surface area contributed by atoms with Crippen molar-refractivity contribution in [2.75, 3.05) is 18.4 Å². The Kier molecular flexibility index (Phi) is 4.12. The molecule has 94 valence electrons. The van der Waals surface area contributed by atoms with Crippen molar-refractivity contribution in [1.29, 1.82) is 0 Å². The SMILES string of the molecule is CCNCC(C)C(=O)Nc1nc2c(s1)CCC2. The molecule has 0 bridgehead atoms. The lowest BCUT2D eigenvalue weighted by Crippen LogP contribution is -2.30. The summed E-state index contributed by atoms with van der Waals surface area (Å²) in [4.78, 5) is 17.7. The summed E-state index contributed by atoms with van der Waals surface area (Å²) in [6, 6.07) is 0. The molecule has 4 nitrogen and oxygen atoms in total. The molecule has 0 radical (unpaired) electrons. The Hall–Kier alpha value is -0.940. The Labute approximate surface area is 106 Å². The van der Waals surface area contributed by atoms with E-state index in [2.05, 4.69) is 15.6 Å². The van der Waals surface area contributed by atoms with Crippen LogP contribution in [0.5, 0.6) is 0 Å². The van der Waals surface area contributed by atoms with Crippen molar-refractivity contribution in [3.63, 3.8) is 0 Å². The molecule has 1 aromatic rings. The lowest BCUT2D eigenvalue weighted by molar-refractivity contribution is -0.119. The number of nitrogens with zero attached hydrogens (tertiary/aromatic N) is 1. The van der Waals surface area contributed by atoms with Crippen molar-refractivity contribution in [3.8, 4) is 0 Å². The normalized spacial score (nSPS) is 15.6.